The van der Waals surface area contributed by atoms with Crippen LogP contribution in [0.3, 0.4) is 0 Å². The molecule has 0 unspecified atom stereocenters. The van der Waals surface area contributed by atoms with Crippen LogP contribution in [0.1, 0.15) is 10.4 Å². The Morgan fingerprint density at radius 3 is 2.68 bits per heavy atom. The molecule has 0 aliphatic carbocycles. The molecule has 1 saturated heterocycles. The predicted octanol–water partition coefficient (Wildman–Crippen LogP) is 2.96. The van der Waals surface area contributed by atoms with E-state index in [0.717, 1.165) is 44.4 Å². The standard InChI is InChI=1S/C19H26N4OS/c1-15-7-12-25-18(15)14-21-19(20-2)23-10-8-22(9-11-23)16-5-4-6-17(13-16)24-3/h4-7,12-13H,8-11,14H2,1-3H3,(H,20,21). The number of hydrogen-bond acceptors (Lipinski definition) is 4. The van der Waals surface area contributed by atoms with Crippen molar-refractivity contribution in [2.75, 3.05) is 45.2 Å². The Bertz CT molecular complexity index is 720. The first-order valence-corrected chi connectivity index (χ1v) is 9.47. The van der Waals surface area contributed by atoms with Gasteiger partial charge < -0.3 is 19.9 Å². The van der Waals surface area contributed by atoms with Crippen molar-refractivity contribution in [3.05, 3.63) is 46.2 Å². The summed E-state index contributed by atoms with van der Waals surface area (Å²) < 4.78 is 5.33. The van der Waals surface area contributed by atoms with E-state index in [9.17, 15) is 0 Å². The highest BCUT2D eigenvalue weighted by molar-refractivity contribution is 7.10. The van der Waals surface area contributed by atoms with Crippen LogP contribution in [-0.2, 0) is 6.54 Å². The summed E-state index contributed by atoms with van der Waals surface area (Å²) in [5, 5.41) is 5.64. The van der Waals surface area contributed by atoms with Gasteiger partial charge in [0.1, 0.15) is 5.75 Å². The molecule has 3 rings (SSSR count). The summed E-state index contributed by atoms with van der Waals surface area (Å²) >= 11 is 1.79. The van der Waals surface area contributed by atoms with Crippen LogP contribution in [0, 0.1) is 6.92 Å². The maximum Gasteiger partial charge on any atom is 0.194 e. The van der Waals surface area contributed by atoms with Crippen molar-refractivity contribution in [2.45, 2.75) is 13.5 Å². The maximum absolute atomic E-state index is 5.33. The minimum atomic E-state index is 0.840. The van der Waals surface area contributed by atoms with Crippen LogP contribution in [0.2, 0.25) is 0 Å². The van der Waals surface area contributed by atoms with Gasteiger partial charge in [-0.1, -0.05) is 6.07 Å². The summed E-state index contributed by atoms with van der Waals surface area (Å²) in [5.74, 6) is 1.89. The van der Waals surface area contributed by atoms with Gasteiger partial charge in [-0.2, -0.15) is 0 Å². The first kappa shape index (κ1) is 17.6. The van der Waals surface area contributed by atoms with Gasteiger partial charge >= 0.3 is 0 Å². The molecule has 0 atom stereocenters. The third-order valence-electron chi connectivity index (χ3n) is 4.58. The number of hydrogen-bond donors (Lipinski definition) is 1. The molecule has 2 heterocycles. The zero-order valence-electron chi connectivity index (χ0n) is 15.2. The summed E-state index contributed by atoms with van der Waals surface area (Å²) in [7, 11) is 3.57. The number of guanidine groups is 1. The van der Waals surface area contributed by atoms with Gasteiger partial charge in [-0.3, -0.25) is 4.99 Å². The molecule has 1 aromatic heterocycles. The normalized spacial score (nSPS) is 15.4. The molecule has 6 heteroatoms. The van der Waals surface area contributed by atoms with Gasteiger partial charge in [0, 0.05) is 49.9 Å². The molecule has 0 bridgehead atoms. The summed E-state index contributed by atoms with van der Waals surface area (Å²) in [6, 6.07) is 10.4. The molecular formula is C19H26N4OS. The number of anilines is 1. The van der Waals surface area contributed by atoms with E-state index in [1.54, 1.807) is 18.4 Å². The van der Waals surface area contributed by atoms with Crippen LogP contribution in [-0.4, -0.2) is 51.2 Å². The fourth-order valence-electron chi connectivity index (χ4n) is 3.06. The lowest BCUT2D eigenvalue weighted by Gasteiger charge is -2.37. The Balaban J connectivity index is 1.56. The minimum absolute atomic E-state index is 0.840. The number of methoxy groups -OCH3 is 1. The molecule has 25 heavy (non-hydrogen) atoms. The van der Waals surface area contributed by atoms with Crippen molar-refractivity contribution in [3.8, 4) is 5.75 Å². The molecule has 0 saturated carbocycles. The first-order chi connectivity index (χ1) is 12.2. The molecule has 0 spiro atoms. The number of piperazine rings is 1. The lowest BCUT2D eigenvalue weighted by molar-refractivity contribution is 0.372. The molecule has 1 aromatic carbocycles. The van der Waals surface area contributed by atoms with Crippen LogP contribution >= 0.6 is 11.3 Å². The SMILES string of the molecule is CN=C(NCc1sccc1C)N1CCN(c2cccc(OC)c2)CC1. The average Bonchev–Trinajstić information content (AvgIpc) is 3.08. The van der Waals surface area contributed by atoms with Crippen LogP contribution in [0.15, 0.2) is 40.7 Å². The molecule has 1 aliphatic heterocycles. The second-order valence-corrected chi connectivity index (χ2v) is 7.10. The number of rotatable bonds is 4. The van der Waals surface area contributed by atoms with Crippen LogP contribution < -0.4 is 15.0 Å². The highest BCUT2D eigenvalue weighted by Crippen LogP contribution is 2.22. The topological polar surface area (TPSA) is 40.1 Å². The fraction of sp³-hybridized carbons (Fsp3) is 0.421. The first-order valence-electron chi connectivity index (χ1n) is 8.59. The van der Waals surface area contributed by atoms with Crippen LogP contribution in [0.5, 0.6) is 5.75 Å². The van der Waals surface area contributed by atoms with E-state index >= 15 is 0 Å². The Morgan fingerprint density at radius 1 is 1.24 bits per heavy atom. The van der Waals surface area contributed by atoms with E-state index < -0.39 is 0 Å². The van der Waals surface area contributed by atoms with Gasteiger partial charge in [-0.15, -0.1) is 11.3 Å². The summed E-state index contributed by atoms with van der Waals surface area (Å²) in [6.45, 7) is 6.87. The molecule has 1 fully saturated rings. The summed E-state index contributed by atoms with van der Waals surface area (Å²) in [4.78, 5) is 10.6. The zero-order valence-corrected chi connectivity index (χ0v) is 16.0. The van der Waals surface area contributed by atoms with E-state index in [1.807, 2.05) is 19.2 Å². The number of aliphatic imine (C=N–C) groups is 1. The van der Waals surface area contributed by atoms with Crippen LogP contribution in [0.25, 0.3) is 0 Å². The van der Waals surface area contributed by atoms with E-state index in [0.29, 0.717) is 0 Å². The minimum Gasteiger partial charge on any atom is -0.497 e. The smallest absolute Gasteiger partial charge is 0.194 e. The zero-order chi connectivity index (χ0) is 17.6. The highest BCUT2D eigenvalue weighted by Gasteiger charge is 2.20. The lowest BCUT2D eigenvalue weighted by atomic mass is 10.2. The Hall–Kier alpha value is -2.21. The molecule has 2 aromatic rings. The Morgan fingerprint density at radius 2 is 2.04 bits per heavy atom. The number of thiophene rings is 1. The van der Waals surface area contributed by atoms with Crippen molar-refractivity contribution in [2.24, 2.45) is 4.99 Å². The number of nitrogens with one attached hydrogen (secondary N) is 1. The highest BCUT2D eigenvalue weighted by atomic mass is 32.1. The van der Waals surface area contributed by atoms with Gasteiger partial charge in [0.15, 0.2) is 5.96 Å². The largest absolute Gasteiger partial charge is 0.497 e. The van der Waals surface area contributed by atoms with Crippen molar-refractivity contribution in [3.63, 3.8) is 0 Å². The molecule has 0 radical (unpaired) electrons. The van der Waals surface area contributed by atoms with E-state index in [-0.39, 0.29) is 0 Å². The van der Waals surface area contributed by atoms with Gasteiger partial charge in [-0.25, -0.2) is 0 Å². The van der Waals surface area contributed by atoms with Crippen molar-refractivity contribution >= 4 is 23.0 Å². The fourth-order valence-corrected chi connectivity index (χ4v) is 3.91. The molecular weight excluding hydrogens is 332 g/mol. The van der Waals surface area contributed by atoms with Crippen molar-refractivity contribution < 1.29 is 4.74 Å². The quantitative estimate of drug-likeness (QED) is 0.674. The van der Waals surface area contributed by atoms with E-state index in [2.05, 4.69) is 50.6 Å². The second-order valence-electron chi connectivity index (χ2n) is 6.10. The number of ether oxygens (including phenoxy) is 1. The summed E-state index contributed by atoms with van der Waals surface area (Å²) in [6.07, 6.45) is 0. The van der Waals surface area contributed by atoms with Gasteiger partial charge in [-0.05, 0) is 36.1 Å². The predicted molar refractivity (Wildman–Crippen MR) is 106 cm³/mol. The number of aryl methyl sites for hydroxylation is 1. The molecule has 1 aliphatic rings. The molecule has 134 valence electrons. The Kier molecular flexibility index (Phi) is 5.81. The number of nitrogens with zero attached hydrogens (tertiary/aromatic N) is 3. The summed E-state index contributed by atoms with van der Waals surface area (Å²) in [5.41, 5.74) is 2.56. The third kappa shape index (κ3) is 4.25. The van der Waals surface area contributed by atoms with Gasteiger partial charge in [0.2, 0.25) is 0 Å². The molecule has 5 nitrogen and oxygen atoms in total. The number of benzene rings is 1. The lowest BCUT2D eigenvalue weighted by Crippen LogP contribution is -2.52. The second kappa shape index (κ2) is 8.25. The molecule has 0 amide bonds. The van der Waals surface area contributed by atoms with Gasteiger partial charge in [0.25, 0.3) is 0 Å². The Labute approximate surface area is 153 Å². The average molecular weight is 359 g/mol. The van der Waals surface area contributed by atoms with Crippen LogP contribution in [0.4, 0.5) is 5.69 Å². The van der Waals surface area contributed by atoms with Crippen molar-refractivity contribution in [1.29, 1.82) is 0 Å². The monoisotopic (exact) mass is 358 g/mol. The van der Waals surface area contributed by atoms with E-state index in [1.165, 1.54) is 16.1 Å². The van der Waals surface area contributed by atoms with Crippen molar-refractivity contribution in [1.82, 2.24) is 10.2 Å². The third-order valence-corrected chi connectivity index (χ3v) is 5.61. The van der Waals surface area contributed by atoms with E-state index in [4.69, 9.17) is 4.74 Å². The molecule has 1 N–H and O–H groups in total. The van der Waals surface area contributed by atoms with Gasteiger partial charge in [0.05, 0.1) is 13.7 Å². The maximum atomic E-state index is 5.33.